The lowest BCUT2D eigenvalue weighted by Crippen LogP contribution is -2.53. The lowest BCUT2D eigenvalue weighted by Gasteiger charge is -2.29. The number of carbonyl (C=O) groups is 1. The van der Waals surface area contributed by atoms with E-state index < -0.39 is 0 Å². The molecule has 1 fully saturated rings. The molecule has 5 nitrogen and oxygen atoms in total. The van der Waals surface area contributed by atoms with Crippen LogP contribution in [0.2, 0.25) is 0 Å². The largest absolute Gasteiger partial charge is 0.345 e. The van der Waals surface area contributed by atoms with Gasteiger partial charge < -0.3 is 11.1 Å². The van der Waals surface area contributed by atoms with Crippen LogP contribution in [0.1, 0.15) is 30.1 Å². The molecule has 110 valence electrons. The van der Waals surface area contributed by atoms with Gasteiger partial charge in [-0.25, -0.2) is 4.68 Å². The first kappa shape index (κ1) is 13.8. The van der Waals surface area contributed by atoms with Crippen LogP contribution in [0, 0.1) is 5.92 Å². The van der Waals surface area contributed by atoms with E-state index in [1.807, 2.05) is 43.5 Å². The minimum Gasteiger partial charge on any atom is -0.345 e. The normalized spacial score (nSPS) is 17.2. The van der Waals surface area contributed by atoms with Crippen molar-refractivity contribution in [3.05, 3.63) is 48.3 Å². The minimum atomic E-state index is -0.294. The van der Waals surface area contributed by atoms with Gasteiger partial charge in [0.25, 0.3) is 5.91 Å². The van der Waals surface area contributed by atoms with Gasteiger partial charge in [0.05, 0.1) is 11.2 Å². The summed E-state index contributed by atoms with van der Waals surface area (Å²) in [6.45, 7) is 2.50. The van der Waals surface area contributed by atoms with E-state index >= 15 is 0 Å². The number of benzene rings is 1. The van der Waals surface area contributed by atoms with E-state index in [9.17, 15) is 4.79 Å². The molecule has 1 aromatic heterocycles. The molecule has 1 aliphatic carbocycles. The Hall–Kier alpha value is -2.14. The van der Waals surface area contributed by atoms with Gasteiger partial charge in [0.1, 0.15) is 0 Å². The first-order valence-corrected chi connectivity index (χ1v) is 7.25. The summed E-state index contributed by atoms with van der Waals surface area (Å²) in [5.74, 6) is 0.441. The molecule has 3 rings (SSSR count). The predicted octanol–water partition coefficient (Wildman–Crippen LogP) is 1.73. The number of rotatable bonds is 5. The number of nitrogens with one attached hydrogen (secondary N) is 1. The quantitative estimate of drug-likeness (QED) is 0.878. The number of nitrogens with zero attached hydrogens (tertiary/aromatic N) is 2. The lowest BCUT2D eigenvalue weighted by molar-refractivity contribution is 0.0898. The second-order valence-electron chi connectivity index (χ2n) is 5.85. The number of hydrogen-bond donors (Lipinski definition) is 2. The Morgan fingerprint density at radius 2 is 2.14 bits per heavy atom. The Morgan fingerprint density at radius 1 is 1.43 bits per heavy atom. The zero-order valence-electron chi connectivity index (χ0n) is 12.1. The van der Waals surface area contributed by atoms with Crippen molar-refractivity contribution in [2.24, 2.45) is 11.7 Å². The summed E-state index contributed by atoms with van der Waals surface area (Å²) in [5.41, 5.74) is 7.12. The van der Waals surface area contributed by atoms with Gasteiger partial charge >= 0.3 is 0 Å². The Kier molecular flexibility index (Phi) is 3.51. The van der Waals surface area contributed by atoms with Crippen LogP contribution in [0.5, 0.6) is 0 Å². The highest BCUT2D eigenvalue weighted by Gasteiger charge is 2.41. The topological polar surface area (TPSA) is 72.9 Å². The molecular formula is C16H20N4O. The fourth-order valence-electron chi connectivity index (χ4n) is 2.56. The van der Waals surface area contributed by atoms with Crippen LogP contribution in [0.25, 0.3) is 5.69 Å². The molecule has 0 aliphatic heterocycles. The van der Waals surface area contributed by atoms with E-state index in [0.717, 1.165) is 18.5 Å². The van der Waals surface area contributed by atoms with Gasteiger partial charge in [0.2, 0.25) is 0 Å². The highest BCUT2D eigenvalue weighted by molar-refractivity contribution is 5.94. The molecular weight excluding hydrogens is 264 g/mol. The number of hydrogen-bond acceptors (Lipinski definition) is 3. The van der Waals surface area contributed by atoms with E-state index in [1.54, 1.807) is 10.9 Å². The first-order valence-electron chi connectivity index (χ1n) is 7.25. The number of amides is 1. The molecule has 1 aromatic carbocycles. The highest BCUT2D eigenvalue weighted by Crippen LogP contribution is 2.39. The van der Waals surface area contributed by atoms with Crippen LogP contribution >= 0.6 is 0 Å². The molecule has 1 unspecified atom stereocenters. The Bertz CT molecular complexity index is 616. The van der Waals surface area contributed by atoms with Crippen LogP contribution in [0.15, 0.2) is 42.7 Å². The van der Waals surface area contributed by atoms with Crippen molar-refractivity contribution >= 4 is 5.91 Å². The average Bonchev–Trinajstić information content (AvgIpc) is 3.23. The zero-order valence-corrected chi connectivity index (χ0v) is 12.1. The summed E-state index contributed by atoms with van der Waals surface area (Å²) in [6.07, 6.45) is 5.88. The zero-order chi connectivity index (χ0) is 14.9. The van der Waals surface area contributed by atoms with Gasteiger partial charge in [-0.3, -0.25) is 4.79 Å². The van der Waals surface area contributed by atoms with Crippen molar-refractivity contribution in [1.82, 2.24) is 15.1 Å². The smallest absolute Gasteiger partial charge is 0.251 e. The van der Waals surface area contributed by atoms with Crippen LogP contribution in [-0.2, 0) is 0 Å². The molecule has 1 saturated carbocycles. The van der Waals surface area contributed by atoms with Crippen molar-refractivity contribution in [3.8, 4) is 5.69 Å². The monoisotopic (exact) mass is 284 g/mol. The second kappa shape index (κ2) is 5.33. The Labute approximate surface area is 124 Å². The summed E-state index contributed by atoms with van der Waals surface area (Å²) >= 11 is 0. The van der Waals surface area contributed by atoms with Gasteiger partial charge in [0, 0.05) is 24.5 Å². The summed E-state index contributed by atoms with van der Waals surface area (Å²) in [7, 11) is 0. The molecule has 2 aromatic rings. The van der Waals surface area contributed by atoms with Gasteiger partial charge in [-0.05, 0) is 56.0 Å². The molecule has 0 bridgehead atoms. The lowest BCUT2D eigenvalue weighted by atomic mass is 9.95. The maximum Gasteiger partial charge on any atom is 0.251 e. The maximum atomic E-state index is 12.4. The standard InChI is InChI=1S/C16H20N4O/c1-16(11-17,13-5-6-13)19-15(21)12-3-7-14(8-4-12)20-10-2-9-18-20/h2-4,7-10,13H,5-6,11,17H2,1H3,(H,19,21). The van der Waals surface area contributed by atoms with Gasteiger partial charge in [0.15, 0.2) is 0 Å². The van der Waals surface area contributed by atoms with E-state index in [4.69, 9.17) is 5.73 Å². The van der Waals surface area contributed by atoms with Crippen LogP contribution < -0.4 is 11.1 Å². The molecule has 5 heteroatoms. The van der Waals surface area contributed by atoms with Crippen molar-refractivity contribution in [3.63, 3.8) is 0 Å². The third kappa shape index (κ3) is 2.83. The molecule has 0 spiro atoms. The minimum absolute atomic E-state index is 0.0677. The summed E-state index contributed by atoms with van der Waals surface area (Å²) in [6, 6.07) is 9.27. The molecule has 1 amide bonds. The molecule has 1 atom stereocenters. The average molecular weight is 284 g/mol. The van der Waals surface area contributed by atoms with Crippen LogP contribution in [0.4, 0.5) is 0 Å². The van der Waals surface area contributed by atoms with Gasteiger partial charge in [-0.2, -0.15) is 5.10 Å². The van der Waals surface area contributed by atoms with E-state index in [0.29, 0.717) is 18.0 Å². The number of aromatic nitrogens is 2. The molecule has 0 radical (unpaired) electrons. The fourth-order valence-corrected chi connectivity index (χ4v) is 2.56. The first-order chi connectivity index (χ1) is 10.1. The van der Waals surface area contributed by atoms with E-state index in [2.05, 4.69) is 10.4 Å². The molecule has 1 aliphatic rings. The number of nitrogens with two attached hydrogens (primary N) is 1. The highest BCUT2D eigenvalue weighted by atomic mass is 16.1. The van der Waals surface area contributed by atoms with Crippen LogP contribution in [0.3, 0.4) is 0 Å². The van der Waals surface area contributed by atoms with Crippen molar-refractivity contribution < 1.29 is 4.79 Å². The second-order valence-corrected chi connectivity index (χ2v) is 5.85. The fraction of sp³-hybridized carbons (Fsp3) is 0.375. The molecule has 21 heavy (non-hydrogen) atoms. The number of carbonyl (C=O) groups excluding carboxylic acids is 1. The Balaban J connectivity index is 1.73. The van der Waals surface area contributed by atoms with E-state index in [-0.39, 0.29) is 11.4 Å². The third-order valence-electron chi connectivity index (χ3n) is 4.20. The molecule has 3 N–H and O–H groups in total. The van der Waals surface area contributed by atoms with E-state index in [1.165, 1.54) is 0 Å². The SMILES string of the molecule is CC(CN)(NC(=O)c1ccc(-n2cccn2)cc1)C1CC1. The summed E-state index contributed by atoms with van der Waals surface area (Å²) in [4.78, 5) is 12.4. The predicted molar refractivity (Wildman–Crippen MR) is 81.2 cm³/mol. The molecule has 1 heterocycles. The van der Waals surface area contributed by atoms with Crippen LogP contribution in [-0.4, -0.2) is 27.8 Å². The van der Waals surface area contributed by atoms with Crippen molar-refractivity contribution in [2.45, 2.75) is 25.3 Å². The maximum absolute atomic E-state index is 12.4. The van der Waals surface area contributed by atoms with Gasteiger partial charge in [-0.1, -0.05) is 0 Å². The van der Waals surface area contributed by atoms with Crippen molar-refractivity contribution in [2.75, 3.05) is 6.54 Å². The van der Waals surface area contributed by atoms with Crippen molar-refractivity contribution in [1.29, 1.82) is 0 Å². The Morgan fingerprint density at radius 3 is 2.67 bits per heavy atom. The third-order valence-corrected chi connectivity index (χ3v) is 4.20. The van der Waals surface area contributed by atoms with Gasteiger partial charge in [-0.15, -0.1) is 0 Å². The summed E-state index contributed by atoms with van der Waals surface area (Å²) < 4.78 is 1.76. The molecule has 0 saturated heterocycles. The summed E-state index contributed by atoms with van der Waals surface area (Å²) in [5, 5.41) is 7.25.